The molecule has 1 unspecified atom stereocenters. The van der Waals surface area contributed by atoms with Crippen LogP contribution in [0.25, 0.3) is 0 Å². The van der Waals surface area contributed by atoms with Gasteiger partial charge in [-0.15, -0.1) is 0 Å². The summed E-state index contributed by atoms with van der Waals surface area (Å²) in [4.78, 5) is 36.7. The third-order valence-electron chi connectivity index (χ3n) is 3.28. The van der Waals surface area contributed by atoms with E-state index in [2.05, 4.69) is 47.8 Å². The number of benzene rings is 1. The van der Waals surface area contributed by atoms with Gasteiger partial charge in [0.1, 0.15) is 4.48 Å². The number of ketones is 2. The van der Waals surface area contributed by atoms with Gasteiger partial charge < -0.3 is 4.74 Å². The Bertz CT molecular complexity index is 672. The molecular weight excluding hydrogens is 460 g/mol. The summed E-state index contributed by atoms with van der Waals surface area (Å²) in [6.07, 6.45) is -1.02. The molecule has 0 radical (unpaired) electrons. The summed E-state index contributed by atoms with van der Waals surface area (Å²) in [7, 11) is 0. The molecule has 0 saturated heterocycles. The molecule has 0 spiro atoms. The minimum atomic E-state index is -1.61. The molecule has 0 N–H and O–H groups in total. The van der Waals surface area contributed by atoms with Crippen molar-refractivity contribution in [3.63, 3.8) is 0 Å². The number of fused-ring (bicyclic) bond motifs is 1. The Morgan fingerprint density at radius 3 is 1.90 bits per heavy atom. The van der Waals surface area contributed by atoms with Crippen molar-refractivity contribution in [3.8, 4) is 0 Å². The largest absolute Gasteiger partial charge is 0.450 e. The molecule has 1 aromatic carbocycles. The van der Waals surface area contributed by atoms with Crippen molar-refractivity contribution in [1.29, 1.82) is 0 Å². The van der Waals surface area contributed by atoms with Crippen molar-refractivity contribution in [3.05, 3.63) is 44.4 Å². The van der Waals surface area contributed by atoms with Crippen LogP contribution in [-0.4, -0.2) is 28.0 Å². The van der Waals surface area contributed by atoms with Gasteiger partial charge >= 0.3 is 5.97 Å². The average Bonchev–Trinajstić information content (AvgIpc) is 2.82. The SMILES string of the molecule is O=C1OC(C2(Br)C(=O)c3ccccc3C2=O)C(Br)=C1Br. The lowest BCUT2D eigenvalue weighted by atomic mass is 9.96. The molecule has 1 aliphatic heterocycles. The first-order valence-corrected chi connectivity index (χ1v) is 7.90. The fourth-order valence-corrected chi connectivity index (χ4v) is 4.25. The fourth-order valence-electron chi connectivity index (χ4n) is 2.29. The Labute approximate surface area is 138 Å². The van der Waals surface area contributed by atoms with E-state index >= 15 is 0 Å². The summed E-state index contributed by atoms with van der Waals surface area (Å²) in [6.45, 7) is 0. The molecule has 1 heterocycles. The molecule has 4 nitrogen and oxygen atoms in total. The Morgan fingerprint density at radius 1 is 1.00 bits per heavy atom. The predicted molar refractivity (Wildman–Crippen MR) is 81.5 cm³/mol. The van der Waals surface area contributed by atoms with E-state index in [-0.39, 0.29) is 4.48 Å². The van der Waals surface area contributed by atoms with Gasteiger partial charge in [-0.1, -0.05) is 40.2 Å². The Kier molecular flexibility index (Phi) is 3.26. The topological polar surface area (TPSA) is 60.4 Å². The minimum Gasteiger partial charge on any atom is -0.450 e. The van der Waals surface area contributed by atoms with Gasteiger partial charge in [0, 0.05) is 11.1 Å². The van der Waals surface area contributed by atoms with Crippen molar-refractivity contribution in [2.24, 2.45) is 0 Å². The normalized spacial score (nSPS) is 24.1. The van der Waals surface area contributed by atoms with Crippen molar-refractivity contribution >= 4 is 65.3 Å². The van der Waals surface area contributed by atoms with Gasteiger partial charge in [0.05, 0.1) is 4.48 Å². The monoisotopic (exact) mass is 462 g/mol. The Hall–Kier alpha value is -0.790. The molecule has 0 aromatic heterocycles. The Morgan fingerprint density at radius 2 is 1.50 bits per heavy atom. The van der Waals surface area contributed by atoms with Gasteiger partial charge in [-0.25, -0.2) is 4.79 Å². The highest BCUT2D eigenvalue weighted by atomic mass is 79.9. The first-order chi connectivity index (χ1) is 9.39. The summed E-state index contributed by atoms with van der Waals surface area (Å²) in [6, 6.07) is 6.54. The molecule has 102 valence electrons. The fraction of sp³-hybridized carbons (Fsp3) is 0.154. The number of esters is 1. The molecule has 20 heavy (non-hydrogen) atoms. The van der Waals surface area contributed by atoms with Crippen molar-refractivity contribution in [1.82, 2.24) is 0 Å². The van der Waals surface area contributed by atoms with Crippen LogP contribution in [0, 0.1) is 0 Å². The summed E-state index contributed by atoms with van der Waals surface area (Å²) < 4.78 is 4.06. The second-order valence-corrected chi connectivity index (χ2v) is 7.26. The summed E-state index contributed by atoms with van der Waals surface area (Å²) >= 11 is 9.50. The second-order valence-electron chi connectivity index (χ2n) is 4.36. The molecule has 0 bridgehead atoms. The maximum absolute atomic E-state index is 12.6. The molecule has 0 fully saturated rings. The maximum Gasteiger partial charge on any atom is 0.346 e. The minimum absolute atomic E-state index is 0.179. The van der Waals surface area contributed by atoms with Crippen LogP contribution < -0.4 is 0 Å². The lowest BCUT2D eigenvalue weighted by molar-refractivity contribution is -0.139. The summed E-state index contributed by atoms with van der Waals surface area (Å²) in [5, 5.41) is 0. The highest BCUT2D eigenvalue weighted by Gasteiger charge is 2.60. The number of alkyl halides is 1. The van der Waals surface area contributed by atoms with Crippen LogP contribution in [0.4, 0.5) is 0 Å². The van der Waals surface area contributed by atoms with E-state index in [1.807, 2.05) is 0 Å². The van der Waals surface area contributed by atoms with Crippen LogP contribution in [0.15, 0.2) is 33.2 Å². The van der Waals surface area contributed by atoms with Crippen LogP contribution in [0.5, 0.6) is 0 Å². The lowest BCUT2D eigenvalue weighted by Gasteiger charge is -2.24. The molecule has 1 aromatic rings. The van der Waals surface area contributed by atoms with Gasteiger partial charge in [-0.05, 0) is 31.9 Å². The zero-order chi connectivity index (χ0) is 14.7. The number of hydrogen-bond acceptors (Lipinski definition) is 4. The third-order valence-corrected chi connectivity index (χ3v) is 6.51. The number of ether oxygens (including phenoxy) is 1. The van der Waals surface area contributed by atoms with E-state index < -0.39 is 28.0 Å². The van der Waals surface area contributed by atoms with Crippen LogP contribution in [0.3, 0.4) is 0 Å². The van der Waals surface area contributed by atoms with E-state index in [4.69, 9.17) is 4.74 Å². The summed E-state index contributed by atoms with van der Waals surface area (Å²) in [5.41, 5.74) is 0.655. The van der Waals surface area contributed by atoms with E-state index in [1.165, 1.54) is 0 Å². The number of cyclic esters (lactones) is 1. The molecule has 1 atom stereocenters. The first kappa shape index (κ1) is 14.2. The number of carbonyl (C=O) groups excluding carboxylic acids is 3. The van der Waals surface area contributed by atoms with Gasteiger partial charge in [0.15, 0.2) is 22.0 Å². The van der Waals surface area contributed by atoms with Crippen LogP contribution in [0.2, 0.25) is 0 Å². The highest BCUT2D eigenvalue weighted by Crippen LogP contribution is 2.47. The number of rotatable bonds is 1. The van der Waals surface area contributed by atoms with E-state index in [0.29, 0.717) is 15.6 Å². The van der Waals surface area contributed by atoms with Crippen molar-refractivity contribution in [2.45, 2.75) is 10.4 Å². The number of Topliss-reactive ketones (excluding diaryl/α,β-unsaturated/α-hetero) is 2. The smallest absolute Gasteiger partial charge is 0.346 e. The second kappa shape index (κ2) is 4.61. The molecule has 3 rings (SSSR count). The van der Waals surface area contributed by atoms with Gasteiger partial charge in [-0.2, -0.15) is 0 Å². The lowest BCUT2D eigenvalue weighted by Crippen LogP contribution is -2.47. The molecule has 2 aliphatic rings. The first-order valence-electron chi connectivity index (χ1n) is 5.52. The van der Waals surface area contributed by atoms with Crippen LogP contribution >= 0.6 is 47.8 Å². The van der Waals surface area contributed by atoms with Crippen molar-refractivity contribution < 1.29 is 19.1 Å². The average molecular weight is 465 g/mol. The molecule has 7 heteroatoms. The van der Waals surface area contributed by atoms with Crippen LogP contribution in [0.1, 0.15) is 20.7 Å². The highest BCUT2D eigenvalue weighted by molar-refractivity contribution is 9.14. The molecule has 1 aliphatic carbocycles. The van der Waals surface area contributed by atoms with Gasteiger partial charge in [0.25, 0.3) is 0 Å². The van der Waals surface area contributed by atoms with Crippen molar-refractivity contribution in [2.75, 3.05) is 0 Å². The predicted octanol–water partition coefficient (Wildman–Crippen LogP) is 3.13. The zero-order valence-electron chi connectivity index (χ0n) is 9.65. The summed E-state index contributed by atoms with van der Waals surface area (Å²) in [5.74, 6) is -1.43. The Balaban J connectivity index is 2.15. The third kappa shape index (κ3) is 1.66. The van der Waals surface area contributed by atoms with Gasteiger partial charge in [-0.3, -0.25) is 9.59 Å². The quantitative estimate of drug-likeness (QED) is 0.364. The standard InChI is InChI=1S/C13H5Br3O4/c14-7-8(15)12(19)20-11(7)13(16)9(17)5-3-1-2-4-6(5)10(13)18/h1-4,11H. The number of hydrogen-bond donors (Lipinski definition) is 0. The number of halogens is 3. The maximum atomic E-state index is 12.6. The number of carbonyl (C=O) groups is 3. The molecule has 0 amide bonds. The molecular formula is C13H5Br3O4. The van der Waals surface area contributed by atoms with Gasteiger partial charge in [0.2, 0.25) is 0 Å². The van der Waals surface area contributed by atoms with E-state index in [9.17, 15) is 14.4 Å². The van der Waals surface area contributed by atoms with E-state index in [1.54, 1.807) is 24.3 Å². The zero-order valence-corrected chi connectivity index (χ0v) is 14.4. The molecule has 0 saturated carbocycles. The van der Waals surface area contributed by atoms with Crippen LogP contribution in [-0.2, 0) is 9.53 Å². The van der Waals surface area contributed by atoms with E-state index in [0.717, 1.165) is 0 Å².